The van der Waals surface area contributed by atoms with Crippen LogP contribution in [-0.4, -0.2) is 35.0 Å². The Labute approximate surface area is 164 Å². The minimum Gasteiger partial charge on any atom is -0.476 e. The highest BCUT2D eigenvalue weighted by Crippen LogP contribution is 2.38. The van der Waals surface area contributed by atoms with Crippen molar-refractivity contribution in [1.29, 1.82) is 0 Å². The molecule has 10 heteroatoms. The molecule has 0 spiro atoms. The summed E-state index contributed by atoms with van der Waals surface area (Å²) in [6.07, 6.45) is 4.93. The number of nitro groups is 1. The lowest BCUT2D eigenvalue weighted by atomic mass is 9.95. The van der Waals surface area contributed by atoms with E-state index in [4.69, 9.17) is 9.47 Å². The number of aryl methyl sites for hydroxylation is 1. The van der Waals surface area contributed by atoms with Crippen LogP contribution in [0.3, 0.4) is 0 Å². The molecular formula is C18H19N3O6S. The van der Waals surface area contributed by atoms with Gasteiger partial charge in [-0.25, -0.2) is 4.79 Å². The summed E-state index contributed by atoms with van der Waals surface area (Å²) >= 11 is 1.37. The Morgan fingerprint density at radius 3 is 2.89 bits per heavy atom. The Kier molecular flexibility index (Phi) is 6.19. The fraction of sp³-hybridized carbons (Fsp3) is 0.389. The average Bonchev–Trinajstić information content (AvgIpc) is 3.04. The first-order chi connectivity index (χ1) is 13.5. The number of ether oxygens (including phenoxy) is 2. The van der Waals surface area contributed by atoms with E-state index >= 15 is 0 Å². The number of pyridine rings is 1. The quantitative estimate of drug-likeness (QED) is 0.427. The number of carbonyl (C=O) groups is 2. The molecule has 2 aromatic heterocycles. The highest BCUT2D eigenvalue weighted by Gasteiger charge is 2.27. The predicted octanol–water partition coefficient (Wildman–Crippen LogP) is 3.12. The van der Waals surface area contributed by atoms with Crippen molar-refractivity contribution in [3.8, 4) is 5.75 Å². The lowest BCUT2D eigenvalue weighted by molar-refractivity contribution is -0.390. The summed E-state index contributed by atoms with van der Waals surface area (Å²) in [5.74, 6) is -1.55. The number of nitrogens with zero attached hydrogens (tertiary/aromatic N) is 2. The Bertz CT molecular complexity index is 911. The molecule has 1 amide bonds. The number of amides is 1. The Hall–Kier alpha value is -3.01. The van der Waals surface area contributed by atoms with Crippen molar-refractivity contribution in [2.24, 2.45) is 0 Å². The fourth-order valence-corrected chi connectivity index (χ4v) is 4.30. The van der Waals surface area contributed by atoms with E-state index in [0.717, 1.165) is 36.1 Å². The van der Waals surface area contributed by atoms with Gasteiger partial charge in [-0.05, 0) is 60.2 Å². The van der Waals surface area contributed by atoms with Gasteiger partial charge >= 0.3 is 11.8 Å². The van der Waals surface area contributed by atoms with E-state index in [1.807, 2.05) is 0 Å². The zero-order valence-corrected chi connectivity index (χ0v) is 16.0. The zero-order chi connectivity index (χ0) is 20.1. The molecule has 1 aliphatic carbocycles. The van der Waals surface area contributed by atoms with Crippen molar-refractivity contribution in [1.82, 2.24) is 4.98 Å². The molecule has 2 heterocycles. The van der Waals surface area contributed by atoms with Crippen LogP contribution in [0.15, 0.2) is 18.3 Å². The number of hydrogen-bond donors (Lipinski definition) is 1. The van der Waals surface area contributed by atoms with E-state index < -0.39 is 29.2 Å². The largest absolute Gasteiger partial charge is 0.476 e. The molecule has 148 valence electrons. The van der Waals surface area contributed by atoms with Gasteiger partial charge in [-0.2, -0.15) is 0 Å². The van der Waals surface area contributed by atoms with Crippen molar-refractivity contribution in [2.75, 3.05) is 18.5 Å². The number of hydrogen-bond acceptors (Lipinski definition) is 8. The van der Waals surface area contributed by atoms with Crippen molar-refractivity contribution in [2.45, 2.75) is 32.6 Å². The van der Waals surface area contributed by atoms with Crippen molar-refractivity contribution in [3.05, 3.63) is 44.4 Å². The van der Waals surface area contributed by atoms with Gasteiger partial charge in [0.15, 0.2) is 6.61 Å². The molecule has 0 bridgehead atoms. The van der Waals surface area contributed by atoms with Crippen molar-refractivity contribution < 1.29 is 24.0 Å². The maximum Gasteiger partial charge on any atom is 0.406 e. The SMILES string of the molecule is CCOC(=O)c1c(NC(=O)COc2cccnc2[N+](=O)[O-])sc2c1CCCC2. The molecule has 9 nitrogen and oxygen atoms in total. The summed E-state index contributed by atoms with van der Waals surface area (Å²) in [6.45, 7) is 1.52. The summed E-state index contributed by atoms with van der Waals surface area (Å²) < 4.78 is 10.4. The molecule has 0 atom stereocenters. The van der Waals surface area contributed by atoms with E-state index in [1.165, 1.54) is 29.7 Å². The maximum atomic E-state index is 12.4. The Morgan fingerprint density at radius 1 is 1.36 bits per heavy atom. The minimum atomic E-state index is -0.681. The molecule has 1 N–H and O–H groups in total. The molecule has 1 aliphatic rings. The lowest BCUT2D eigenvalue weighted by Gasteiger charge is -2.12. The molecular weight excluding hydrogens is 386 g/mol. The topological polar surface area (TPSA) is 121 Å². The van der Waals surface area contributed by atoms with Crippen LogP contribution >= 0.6 is 11.3 Å². The monoisotopic (exact) mass is 405 g/mol. The molecule has 3 rings (SSSR count). The number of anilines is 1. The van der Waals surface area contributed by atoms with Crippen LogP contribution in [0.25, 0.3) is 0 Å². The minimum absolute atomic E-state index is 0.0984. The summed E-state index contributed by atoms with van der Waals surface area (Å²) in [7, 11) is 0. The number of aromatic nitrogens is 1. The second-order valence-electron chi connectivity index (χ2n) is 6.05. The molecule has 0 radical (unpaired) electrons. The van der Waals surface area contributed by atoms with Crippen LogP contribution in [0.4, 0.5) is 10.8 Å². The van der Waals surface area contributed by atoms with E-state index in [1.54, 1.807) is 6.92 Å². The molecule has 0 saturated heterocycles. The summed E-state index contributed by atoms with van der Waals surface area (Å²) in [5, 5.41) is 14.1. The van der Waals surface area contributed by atoms with Gasteiger partial charge in [0.2, 0.25) is 5.75 Å². The third-order valence-electron chi connectivity index (χ3n) is 4.19. The standard InChI is InChI=1S/C18H19N3O6S/c1-2-26-18(23)15-11-6-3-4-8-13(11)28-17(15)20-14(22)10-27-12-7-5-9-19-16(12)21(24)25/h5,7,9H,2-4,6,8,10H2,1H3,(H,20,22). The molecule has 28 heavy (non-hydrogen) atoms. The van der Waals surface area contributed by atoms with E-state index in [9.17, 15) is 19.7 Å². The van der Waals surface area contributed by atoms with E-state index in [2.05, 4.69) is 10.3 Å². The van der Waals surface area contributed by atoms with Gasteiger partial charge in [0, 0.05) is 4.88 Å². The highest BCUT2D eigenvalue weighted by atomic mass is 32.1. The summed E-state index contributed by atoms with van der Waals surface area (Å²) in [4.78, 5) is 39.7. The van der Waals surface area contributed by atoms with Crippen LogP contribution in [-0.2, 0) is 22.4 Å². The summed E-state index contributed by atoms with van der Waals surface area (Å²) in [5.41, 5.74) is 1.34. The molecule has 0 saturated carbocycles. The van der Waals surface area contributed by atoms with Crippen molar-refractivity contribution >= 4 is 34.0 Å². The van der Waals surface area contributed by atoms with E-state index in [-0.39, 0.29) is 12.4 Å². The highest BCUT2D eigenvalue weighted by molar-refractivity contribution is 7.17. The zero-order valence-electron chi connectivity index (χ0n) is 15.2. The fourth-order valence-electron chi connectivity index (χ4n) is 3.01. The number of esters is 1. The number of carbonyl (C=O) groups excluding carboxylic acids is 2. The third-order valence-corrected chi connectivity index (χ3v) is 5.39. The van der Waals surface area contributed by atoms with Crippen LogP contribution in [0.1, 0.15) is 40.6 Å². The smallest absolute Gasteiger partial charge is 0.406 e. The number of nitrogens with one attached hydrogen (secondary N) is 1. The molecule has 0 unspecified atom stereocenters. The average molecular weight is 405 g/mol. The molecule has 2 aromatic rings. The lowest BCUT2D eigenvalue weighted by Crippen LogP contribution is -2.21. The Balaban J connectivity index is 1.75. The first-order valence-electron chi connectivity index (χ1n) is 8.85. The van der Waals surface area contributed by atoms with Crippen LogP contribution < -0.4 is 10.1 Å². The molecule has 0 fully saturated rings. The number of thiophene rings is 1. The Morgan fingerprint density at radius 2 is 2.14 bits per heavy atom. The second kappa shape index (κ2) is 8.79. The van der Waals surface area contributed by atoms with Gasteiger partial charge in [0.25, 0.3) is 5.91 Å². The normalized spacial score (nSPS) is 12.8. The van der Waals surface area contributed by atoms with Gasteiger partial charge in [-0.3, -0.25) is 4.79 Å². The van der Waals surface area contributed by atoms with Crippen LogP contribution in [0.5, 0.6) is 5.75 Å². The van der Waals surface area contributed by atoms with Gasteiger partial charge in [0.05, 0.1) is 12.2 Å². The second-order valence-corrected chi connectivity index (χ2v) is 7.16. The molecule has 0 aliphatic heterocycles. The van der Waals surface area contributed by atoms with E-state index in [0.29, 0.717) is 10.6 Å². The third kappa shape index (κ3) is 4.28. The summed E-state index contributed by atoms with van der Waals surface area (Å²) in [6, 6.07) is 2.85. The van der Waals surface area contributed by atoms with Gasteiger partial charge < -0.3 is 24.9 Å². The number of rotatable bonds is 7. The van der Waals surface area contributed by atoms with Crippen LogP contribution in [0, 0.1) is 10.1 Å². The first-order valence-corrected chi connectivity index (χ1v) is 9.66. The predicted molar refractivity (Wildman–Crippen MR) is 102 cm³/mol. The maximum absolute atomic E-state index is 12.4. The van der Waals surface area contributed by atoms with Crippen LogP contribution in [0.2, 0.25) is 0 Å². The number of fused-ring (bicyclic) bond motifs is 1. The molecule has 0 aromatic carbocycles. The van der Waals surface area contributed by atoms with Gasteiger partial charge in [-0.1, -0.05) is 0 Å². The van der Waals surface area contributed by atoms with Crippen molar-refractivity contribution in [3.63, 3.8) is 0 Å². The first kappa shape index (κ1) is 19.7. The van der Waals surface area contributed by atoms with Gasteiger partial charge in [0.1, 0.15) is 11.2 Å². The van der Waals surface area contributed by atoms with Gasteiger partial charge in [-0.15, -0.1) is 11.3 Å².